The summed E-state index contributed by atoms with van der Waals surface area (Å²) in [7, 11) is 0. The first-order valence-corrected chi connectivity index (χ1v) is 12.1. The van der Waals surface area contributed by atoms with Crippen LogP contribution in [-0.2, 0) is 6.54 Å². The van der Waals surface area contributed by atoms with Crippen LogP contribution in [0, 0.1) is 11.6 Å². The van der Waals surface area contributed by atoms with E-state index in [0.717, 1.165) is 22.6 Å². The van der Waals surface area contributed by atoms with Crippen molar-refractivity contribution >= 4 is 23.2 Å². The van der Waals surface area contributed by atoms with Gasteiger partial charge in [-0.3, -0.25) is 14.3 Å². The molecule has 0 spiro atoms. The molecule has 2 aromatic heterocycles. The minimum atomic E-state index is -1.06. The van der Waals surface area contributed by atoms with Gasteiger partial charge in [0.25, 0.3) is 11.8 Å². The molecule has 4 aromatic rings. The third kappa shape index (κ3) is 4.85. The minimum Gasteiger partial charge on any atom is -0.335 e. The number of hydrogen-bond donors (Lipinski definition) is 0. The standard InChI is InChI=1S/C26H22F2N4O2S/c27-21-9-8-19(15-22(21)28)25(33)30-10-12-31(13-11-30)26(34)20-17-32(16-18-5-2-1-3-6-18)29-24(20)23-7-4-14-35-23/h1-9,14-15,17H,10-13,16H2. The highest BCUT2D eigenvalue weighted by molar-refractivity contribution is 7.13. The number of thiophene rings is 1. The first-order chi connectivity index (χ1) is 17.0. The molecule has 0 unspecified atom stereocenters. The average molecular weight is 493 g/mol. The van der Waals surface area contributed by atoms with Crippen molar-refractivity contribution in [2.24, 2.45) is 0 Å². The Morgan fingerprint density at radius 3 is 2.23 bits per heavy atom. The Labute approximate surface area is 205 Å². The predicted molar refractivity (Wildman–Crippen MR) is 129 cm³/mol. The van der Waals surface area contributed by atoms with Gasteiger partial charge in [-0.15, -0.1) is 11.3 Å². The second-order valence-corrected chi connectivity index (χ2v) is 9.21. The van der Waals surface area contributed by atoms with Gasteiger partial charge in [0.05, 0.1) is 17.0 Å². The van der Waals surface area contributed by atoms with Crippen LogP contribution < -0.4 is 0 Å². The van der Waals surface area contributed by atoms with Gasteiger partial charge < -0.3 is 9.80 Å². The lowest BCUT2D eigenvalue weighted by Gasteiger charge is -2.34. The van der Waals surface area contributed by atoms with E-state index in [1.165, 1.54) is 17.4 Å². The van der Waals surface area contributed by atoms with E-state index in [-0.39, 0.29) is 17.4 Å². The molecule has 3 heterocycles. The zero-order valence-corrected chi connectivity index (χ0v) is 19.5. The number of nitrogens with zero attached hydrogens (tertiary/aromatic N) is 4. The minimum absolute atomic E-state index is 0.0887. The third-order valence-corrected chi connectivity index (χ3v) is 6.83. The van der Waals surface area contributed by atoms with Crippen molar-refractivity contribution in [3.63, 3.8) is 0 Å². The topological polar surface area (TPSA) is 58.4 Å². The summed E-state index contributed by atoms with van der Waals surface area (Å²) in [5.41, 5.74) is 2.33. The molecule has 0 atom stereocenters. The quantitative estimate of drug-likeness (QED) is 0.411. The number of carbonyl (C=O) groups is 2. The van der Waals surface area contributed by atoms with Gasteiger partial charge in [0.15, 0.2) is 11.6 Å². The zero-order valence-electron chi connectivity index (χ0n) is 18.7. The van der Waals surface area contributed by atoms with Gasteiger partial charge in [-0.25, -0.2) is 8.78 Å². The number of benzene rings is 2. The highest BCUT2D eigenvalue weighted by Gasteiger charge is 2.29. The first kappa shape index (κ1) is 22.9. The van der Waals surface area contributed by atoms with Crippen molar-refractivity contribution in [2.75, 3.05) is 26.2 Å². The maximum Gasteiger partial charge on any atom is 0.257 e. The van der Waals surface area contributed by atoms with Crippen LogP contribution in [0.1, 0.15) is 26.3 Å². The number of rotatable bonds is 5. The van der Waals surface area contributed by atoms with Crippen LogP contribution in [0.15, 0.2) is 72.2 Å². The summed E-state index contributed by atoms with van der Waals surface area (Å²) in [5.74, 6) is -2.58. The molecule has 1 saturated heterocycles. The summed E-state index contributed by atoms with van der Waals surface area (Å²) < 4.78 is 28.5. The van der Waals surface area contributed by atoms with Crippen LogP contribution in [0.3, 0.4) is 0 Å². The van der Waals surface area contributed by atoms with E-state index in [4.69, 9.17) is 5.10 Å². The van der Waals surface area contributed by atoms with E-state index in [0.29, 0.717) is 44.0 Å². The van der Waals surface area contributed by atoms with Gasteiger partial charge in [-0.1, -0.05) is 36.4 Å². The molecular weight excluding hydrogens is 470 g/mol. The van der Waals surface area contributed by atoms with E-state index in [2.05, 4.69) is 0 Å². The number of amides is 2. The molecule has 0 N–H and O–H groups in total. The van der Waals surface area contributed by atoms with Crippen LogP contribution in [-0.4, -0.2) is 57.6 Å². The van der Waals surface area contributed by atoms with Gasteiger partial charge in [-0.05, 0) is 35.2 Å². The van der Waals surface area contributed by atoms with Crippen LogP contribution >= 0.6 is 11.3 Å². The smallest absolute Gasteiger partial charge is 0.257 e. The van der Waals surface area contributed by atoms with Crippen molar-refractivity contribution in [2.45, 2.75) is 6.54 Å². The van der Waals surface area contributed by atoms with Crippen molar-refractivity contribution in [1.82, 2.24) is 19.6 Å². The molecule has 35 heavy (non-hydrogen) atoms. The van der Waals surface area contributed by atoms with Crippen LogP contribution in [0.4, 0.5) is 8.78 Å². The first-order valence-electron chi connectivity index (χ1n) is 11.2. The fraction of sp³-hybridized carbons (Fsp3) is 0.192. The predicted octanol–water partition coefficient (Wildman–Crippen LogP) is 4.54. The van der Waals surface area contributed by atoms with Crippen LogP contribution in [0.25, 0.3) is 10.6 Å². The summed E-state index contributed by atoms with van der Waals surface area (Å²) in [4.78, 5) is 30.4. The van der Waals surface area contributed by atoms with Gasteiger partial charge in [0.2, 0.25) is 0 Å². The van der Waals surface area contributed by atoms with Crippen molar-refractivity contribution in [3.05, 3.63) is 101 Å². The highest BCUT2D eigenvalue weighted by atomic mass is 32.1. The summed E-state index contributed by atoms with van der Waals surface area (Å²) in [6.45, 7) is 1.82. The monoisotopic (exact) mass is 492 g/mol. The van der Waals surface area contributed by atoms with E-state index in [9.17, 15) is 18.4 Å². The second-order valence-electron chi connectivity index (χ2n) is 8.27. The Balaban J connectivity index is 1.32. The molecular formula is C26H22F2N4O2S. The molecule has 0 radical (unpaired) electrons. The molecule has 1 aliphatic heterocycles. The summed E-state index contributed by atoms with van der Waals surface area (Å²) in [6, 6.07) is 16.9. The van der Waals surface area contributed by atoms with E-state index in [1.54, 1.807) is 20.7 Å². The highest BCUT2D eigenvalue weighted by Crippen LogP contribution is 2.28. The largest absolute Gasteiger partial charge is 0.335 e. The average Bonchev–Trinajstić information content (AvgIpc) is 3.56. The maximum absolute atomic E-state index is 13.6. The fourth-order valence-corrected chi connectivity index (χ4v) is 4.84. The number of aromatic nitrogens is 2. The summed E-state index contributed by atoms with van der Waals surface area (Å²) >= 11 is 1.52. The van der Waals surface area contributed by atoms with Crippen molar-refractivity contribution < 1.29 is 18.4 Å². The second kappa shape index (κ2) is 9.79. The Bertz CT molecular complexity index is 1350. The Kier molecular flexibility index (Phi) is 6.41. The summed E-state index contributed by atoms with van der Waals surface area (Å²) in [5, 5.41) is 6.66. The van der Waals surface area contributed by atoms with Gasteiger partial charge >= 0.3 is 0 Å². The molecule has 5 rings (SSSR count). The molecule has 9 heteroatoms. The van der Waals surface area contributed by atoms with Crippen LogP contribution in [0.2, 0.25) is 0 Å². The molecule has 1 fully saturated rings. The number of carbonyl (C=O) groups excluding carboxylic acids is 2. The molecule has 0 aliphatic carbocycles. The molecule has 2 amide bonds. The van der Waals surface area contributed by atoms with E-state index in [1.807, 2.05) is 47.8 Å². The summed E-state index contributed by atoms with van der Waals surface area (Å²) in [6.07, 6.45) is 1.78. The SMILES string of the molecule is O=C(c1ccc(F)c(F)c1)N1CCN(C(=O)c2cn(Cc3ccccc3)nc2-c2cccs2)CC1. The lowest BCUT2D eigenvalue weighted by molar-refractivity contribution is 0.0535. The Morgan fingerprint density at radius 2 is 1.57 bits per heavy atom. The van der Waals surface area contributed by atoms with E-state index < -0.39 is 11.6 Å². The number of halogens is 2. The number of piperazine rings is 1. The molecule has 0 bridgehead atoms. The van der Waals surface area contributed by atoms with Crippen LogP contribution in [0.5, 0.6) is 0 Å². The molecule has 2 aromatic carbocycles. The Hall–Kier alpha value is -3.85. The van der Waals surface area contributed by atoms with Gasteiger partial charge in [0.1, 0.15) is 5.69 Å². The third-order valence-electron chi connectivity index (χ3n) is 5.95. The van der Waals surface area contributed by atoms with E-state index >= 15 is 0 Å². The molecule has 1 aliphatic rings. The maximum atomic E-state index is 13.6. The number of hydrogen-bond acceptors (Lipinski definition) is 4. The zero-order chi connectivity index (χ0) is 24.4. The van der Waals surface area contributed by atoms with Crippen molar-refractivity contribution in [1.29, 1.82) is 0 Å². The normalized spacial score (nSPS) is 13.8. The Morgan fingerprint density at radius 1 is 0.857 bits per heavy atom. The molecule has 6 nitrogen and oxygen atoms in total. The fourth-order valence-electron chi connectivity index (χ4n) is 4.12. The lowest BCUT2D eigenvalue weighted by Crippen LogP contribution is -2.50. The molecule has 0 saturated carbocycles. The van der Waals surface area contributed by atoms with Crippen molar-refractivity contribution in [3.8, 4) is 10.6 Å². The molecule has 178 valence electrons. The lowest BCUT2D eigenvalue weighted by atomic mass is 10.1. The van der Waals surface area contributed by atoms with Gasteiger partial charge in [0, 0.05) is 37.9 Å². The van der Waals surface area contributed by atoms with Gasteiger partial charge in [-0.2, -0.15) is 5.10 Å².